The summed E-state index contributed by atoms with van der Waals surface area (Å²) in [6.07, 6.45) is 6.89. The number of carbonyl (C=O) groups excluding carboxylic acids is 1. The van der Waals surface area contributed by atoms with E-state index in [-0.39, 0.29) is 11.9 Å². The molecule has 41 heavy (non-hydrogen) atoms. The minimum atomic E-state index is -0.109. The number of rotatable bonds is 5. The molecule has 0 saturated carbocycles. The number of nitrogens with one attached hydrogen (secondary N) is 1. The lowest BCUT2D eigenvalue weighted by Gasteiger charge is -2.16. The highest BCUT2D eigenvalue weighted by Crippen LogP contribution is 2.36. The second kappa shape index (κ2) is 9.67. The van der Waals surface area contributed by atoms with E-state index in [0.717, 1.165) is 46.6 Å². The van der Waals surface area contributed by atoms with E-state index < -0.39 is 0 Å². The molecule has 5 heterocycles. The van der Waals surface area contributed by atoms with Gasteiger partial charge in [0.1, 0.15) is 11.3 Å². The van der Waals surface area contributed by atoms with Crippen molar-refractivity contribution < 1.29 is 4.79 Å². The van der Waals surface area contributed by atoms with Crippen molar-refractivity contribution in [3.8, 4) is 22.9 Å². The summed E-state index contributed by atoms with van der Waals surface area (Å²) in [5.74, 6) is 1.61. The normalized spacial score (nSPS) is 14.3. The highest BCUT2D eigenvalue weighted by molar-refractivity contribution is 5.95. The smallest absolute Gasteiger partial charge is 0.253 e. The average Bonchev–Trinajstić information content (AvgIpc) is 3.72. The molecule has 1 amide bonds. The molecule has 6 aromatic rings. The lowest BCUT2D eigenvalue weighted by atomic mass is 10.1. The van der Waals surface area contributed by atoms with E-state index in [1.807, 2.05) is 73.1 Å². The van der Waals surface area contributed by atoms with E-state index >= 15 is 0 Å². The molecular formula is C31H27N9O. The van der Waals surface area contributed by atoms with Gasteiger partial charge in [0.05, 0.1) is 22.9 Å². The Morgan fingerprint density at radius 2 is 1.90 bits per heavy atom. The largest absolute Gasteiger partial charge is 0.383 e. The number of nitrogens with two attached hydrogens (primary N) is 1. The quantitative estimate of drug-likeness (QED) is 0.324. The van der Waals surface area contributed by atoms with Gasteiger partial charge in [0.15, 0.2) is 17.3 Å². The van der Waals surface area contributed by atoms with Crippen LogP contribution in [0.5, 0.6) is 0 Å². The number of amides is 1. The van der Waals surface area contributed by atoms with E-state index in [1.165, 1.54) is 5.56 Å². The molecule has 10 heteroatoms. The van der Waals surface area contributed by atoms with Crippen LogP contribution in [0.15, 0.2) is 79.3 Å². The molecule has 0 bridgehead atoms. The maximum Gasteiger partial charge on any atom is 0.253 e. The predicted octanol–water partition coefficient (Wildman–Crippen LogP) is 4.68. The molecule has 1 aliphatic rings. The fourth-order valence-electron chi connectivity index (χ4n) is 5.57. The molecule has 7 rings (SSSR count). The first-order valence-corrected chi connectivity index (χ1v) is 13.4. The third-order valence-corrected chi connectivity index (χ3v) is 7.55. The Morgan fingerprint density at radius 1 is 1.00 bits per heavy atom. The molecule has 3 N–H and O–H groups in total. The van der Waals surface area contributed by atoms with E-state index in [2.05, 4.69) is 32.5 Å². The molecule has 0 fully saturated rings. The second-order valence-corrected chi connectivity index (χ2v) is 10.2. The van der Waals surface area contributed by atoms with Crippen LogP contribution in [0.3, 0.4) is 0 Å². The molecule has 1 atom stereocenters. The van der Waals surface area contributed by atoms with Crippen LogP contribution in [0.2, 0.25) is 0 Å². The molecular weight excluding hydrogens is 514 g/mol. The van der Waals surface area contributed by atoms with Gasteiger partial charge in [-0.3, -0.25) is 14.3 Å². The van der Waals surface area contributed by atoms with Gasteiger partial charge in [-0.2, -0.15) is 5.10 Å². The van der Waals surface area contributed by atoms with Gasteiger partial charge in [-0.25, -0.2) is 19.6 Å². The number of fused-ring (bicyclic) bond motifs is 2. The van der Waals surface area contributed by atoms with Crippen molar-refractivity contribution in [1.82, 2.24) is 39.6 Å². The van der Waals surface area contributed by atoms with Crippen LogP contribution in [-0.4, -0.2) is 40.2 Å². The van der Waals surface area contributed by atoms with Crippen LogP contribution in [-0.2, 0) is 6.42 Å². The lowest BCUT2D eigenvalue weighted by molar-refractivity contribution is 0.0935. The first-order chi connectivity index (χ1) is 20.0. The van der Waals surface area contributed by atoms with Gasteiger partial charge >= 0.3 is 0 Å². The number of nitrogen functional groups attached to an aromatic ring is 1. The number of aryl methyl sites for hydroxylation is 3. The standard InChI is InChI=1S/C31H27N9O/c1-18-6-9-22(19(2)35-18)31(41)37-25-11-7-20-17-21(8-10-23(20)25)40-29(24-5-3-14-33-28(24)32)36-26-12-13-27(38-30(26)40)39-16-4-15-34-39/h3-6,8-10,12-17,25H,7,11H2,1-2H3,(H2,32,33)(H,37,41)/t25-/m0/s1. The number of nitrogens with zero attached hydrogens (tertiary/aromatic N) is 7. The van der Waals surface area contributed by atoms with Gasteiger partial charge in [-0.05, 0) is 92.4 Å². The molecule has 0 aliphatic heterocycles. The first kappa shape index (κ1) is 24.6. The number of imidazole rings is 1. The third kappa shape index (κ3) is 4.29. The molecule has 0 unspecified atom stereocenters. The van der Waals surface area contributed by atoms with E-state index in [0.29, 0.717) is 28.7 Å². The van der Waals surface area contributed by atoms with E-state index in [9.17, 15) is 4.79 Å². The maximum atomic E-state index is 13.1. The fourth-order valence-corrected chi connectivity index (χ4v) is 5.57. The maximum absolute atomic E-state index is 13.1. The molecule has 5 aromatic heterocycles. The second-order valence-electron chi connectivity index (χ2n) is 10.2. The molecule has 10 nitrogen and oxygen atoms in total. The summed E-state index contributed by atoms with van der Waals surface area (Å²) in [6, 6.07) is 19.4. The zero-order valence-corrected chi connectivity index (χ0v) is 22.6. The van der Waals surface area contributed by atoms with Crippen molar-refractivity contribution in [1.29, 1.82) is 0 Å². The molecule has 0 spiro atoms. The number of benzene rings is 1. The van der Waals surface area contributed by atoms with Gasteiger partial charge in [-0.15, -0.1) is 0 Å². The zero-order chi connectivity index (χ0) is 28.1. The lowest BCUT2D eigenvalue weighted by Crippen LogP contribution is -2.28. The summed E-state index contributed by atoms with van der Waals surface area (Å²) < 4.78 is 3.74. The van der Waals surface area contributed by atoms with E-state index in [1.54, 1.807) is 17.1 Å². The zero-order valence-electron chi connectivity index (χ0n) is 22.6. The summed E-state index contributed by atoms with van der Waals surface area (Å²) in [6.45, 7) is 3.79. The van der Waals surface area contributed by atoms with Gasteiger partial charge in [0.25, 0.3) is 5.91 Å². The Hall–Kier alpha value is -5.38. The minimum Gasteiger partial charge on any atom is -0.383 e. The van der Waals surface area contributed by atoms with Crippen molar-refractivity contribution in [3.05, 3.63) is 107 Å². The SMILES string of the molecule is Cc1ccc(C(=O)N[C@H]2CCc3cc(-n4c(-c5cccnc5N)nc5ccc(-n6cccn6)nc54)ccc32)c(C)n1. The molecule has 202 valence electrons. The summed E-state index contributed by atoms with van der Waals surface area (Å²) in [5.41, 5.74) is 13.8. The number of anilines is 1. The number of carbonyl (C=O) groups is 1. The predicted molar refractivity (Wildman–Crippen MR) is 156 cm³/mol. The van der Waals surface area contributed by atoms with Crippen molar-refractivity contribution in [2.24, 2.45) is 0 Å². The number of aromatic nitrogens is 7. The Balaban J connectivity index is 1.30. The Kier molecular flexibility index (Phi) is 5.81. The van der Waals surface area contributed by atoms with E-state index in [4.69, 9.17) is 15.7 Å². The van der Waals surface area contributed by atoms with Gasteiger partial charge < -0.3 is 11.1 Å². The monoisotopic (exact) mass is 541 g/mol. The number of hydrogen-bond acceptors (Lipinski definition) is 7. The highest BCUT2D eigenvalue weighted by atomic mass is 16.1. The minimum absolute atomic E-state index is 0.0789. The van der Waals surface area contributed by atoms with Crippen molar-refractivity contribution in [3.63, 3.8) is 0 Å². The van der Waals surface area contributed by atoms with Crippen molar-refractivity contribution in [2.75, 3.05) is 5.73 Å². The Morgan fingerprint density at radius 3 is 2.71 bits per heavy atom. The van der Waals surface area contributed by atoms with Crippen LogP contribution < -0.4 is 11.1 Å². The molecule has 0 radical (unpaired) electrons. The Bertz CT molecular complexity index is 1940. The third-order valence-electron chi connectivity index (χ3n) is 7.55. The number of hydrogen-bond donors (Lipinski definition) is 2. The highest BCUT2D eigenvalue weighted by Gasteiger charge is 2.27. The average molecular weight is 542 g/mol. The summed E-state index contributed by atoms with van der Waals surface area (Å²) in [4.78, 5) is 31.7. The first-order valence-electron chi connectivity index (χ1n) is 13.4. The molecule has 0 saturated heterocycles. The van der Waals surface area contributed by atoms with Gasteiger partial charge in [0, 0.05) is 30.0 Å². The van der Waals surface area contributed by atoms with Crippen LogP contribution in [0.25, 0.3) is 34.1 Å². The topological polar surface area (TPSA) is 129 Å². The van der Waals surface area contributed by atoms with Crippen LogP contribution in [0.1, 0.15) is 45.3 Å². The fraction of sp³-hybridized carbons (Fsp3) is 0.161. The summed E-state index contributed by atoms with van der Waals surface area (Å²) in [5, 5.41) is 7.56. The van der Waals surface area contributed by atoms with Gasteiger partial charge in [-0.1, -0.05) is 6.07 Å². The van der Waals surface area contributed by atoms with Crippen LogP contribution >= 0.6 is 0 Å². The summed E-state index contributed by atoms with van der Waals surface area (Å²) >= 11 is 0. The van der Waals surface area contributed by atoms with Crippen LogP contribution in [0, 0.1) is 13.8 Å². The summed E-state index contributed by atoms with van der Waals surface area (Å²) in [7, 11) is 0. The van der Waals surface area contributed by atoms with Crippen molar-refractivity contribution >= 4 is 22.9 Å². The van der Waals surface area contributed by atoms with Gasteiger partial charge in [0.2, 0.25) is 0 Å². The number of pyridine rings is 3. The molecule has 1 aliphatic carbocycles. The Labute approximate surface area is 235 Å². The van der Waals surface area contributed by atoms with Crippen LogP contribution in [0.4, 0.5) is 5.82 Å². The molecule has 1 aromatic carbocycles. The van der Waals surface area contributed by atoms with Crippen molar-refractivity contribution in [2.45, 2.75) is 32.7 Å².